The van der Waals surface area contributed by atoms with Gasteiger partial charge in [-0.15, -0.1) is 11.3 Å². The Morgan fingerprint density at radius 1 is 1.44 bits per heavy atom. The number of fused-ring (bicyclic) bond motifs is 1. The number of carbonyl (C=O) groups is 2. The van der Waals surface area contributed by atoms with E-state index in [9.17, 15) is 9.59 Å². The smallest absolute Gasteiger partial charge is 0.310 e. The number of aryl methyl sites for hydroxylation is 2. The maximum atomic E-state index is 13.0. The van der Waals surface area contributed by atoms with E-state index >= 15 is 0 Å². The Kier molecular flexibility index (Phi) is 4.94. The molecule has 1 saturated heterocycles. The fourth-order valence-corrected chi connectivity index (χ4v) is 4.57. The third kappa shape index (κ3) is 3.33. The summed E-state index contributed by atoms with van der Waals surface area (Å²) in [6.07, 6.45) is 1.54. The number of hydrogen-bond acceptors (Lipinski definition) is 6. The summed E-state index contributed by atoms with van der Waals surface area (Å²) in [5.41, 5.74) is 8.70. The first-order chi connectivity index (χ1) is 11.9. The molecule has 2 aromatic heterocycles. The van der Waals surface area contributed by atoms with Gasteiger partial charge in [-0.05, 0) is 45.2 Å². The number of rotatable bonds is 3. The highest BCUT2D eigenvalue weighted by Gasteiger charge is 2.31. The molecule has 0 bridgehead atoms. The van der Waals surface area contributed by atoms with Gasteiger partial charge in [-0.3, -0.25) is 9.59 Å². The lowest BCUT2D eigenvalue weighted by Gasteiger charge is -2.31. The second-order valence-corrected chi connectivity index (χ2v) is 7.45. The SMILES string of the molecule is CCOC(=O)C1CCCN(C(=O)c2sc3nc(C)cc(C)c3c2N)C1. The van der Waals surface area contributed by atoms with Crippen LogP contribution in [0.15, 0.2) is 6.07 Å². The van der Waals surface area contributed by atoms with Crippen LogP contribution >= 0.6 is 11.3 Å². The number of carbonyl (C=O) groups excluding carboxylic acids is 2. The zero-order chi connectivity index (χ0) is 18.1. The van der Waals surface area contributed by atoms with E-state index in [1.165, 1.54) is 11.3 Å². The number of hydrogen-bond donors (Lipinski definition) is 1. The minimum absolute atomic E-state index is 0.119. The quantitative estimate of drug-likeness (QED) is 0.850. The van der Waals surface area contributed by atoms with E-state index in [-0.39, 0.29) is 17.8 Å². The van der Waals surface area contributed by atoms with Gasteiger partial charge in [-0.25, -0.2) is 4.98 Å². The molecule has 1 amide bonds. The van der Waals surface area contributed by atoms with Crippen LogP contribution in [0.5, 0.6) is 0 Å². The van der Waals surface area contributed by atoms with Gasteiger partial charge in [0.2, 0.25) is 0 Å². The van der Waals surface area contributed by atoms with Gasteiger partial charge in [0.05, 0.1) is 18.2 Å². The Hall–Kier alpha value is -2.15. The van der Waals surface area contributed by atoms with Crippen LogP contribution < -0.4 is 5.73 Å². The normalized spacial score (nSPS) is 17.7. The zero-order valence-corrected chi connectivity index (χ0v) is 15.6. The Morgan fingerprint density at radius 2 is 2.20 bits per heavy atom. The lowest BCUT2D eigenvalue weighted by atomic mass is 9.98. The van der Waals surface area contributed by atoms with E-state index in [2.05, 4.69) is 4.98 Å². The number of ether oxygens (including phenoxy) is 1. The number of esters is 1. The van der Waals surface area contributed by atoms with Crippen molar-refractivity contribution in [3.8, 4) is 0 Å². The molecule has 1 aliphatic rings. The fraction of sp³-hybridized carbons (Fsp3) is 0.500. The second-order valence-electron chi connectivity index (χ2n) is 6.45. The van der Waals surface area contributed by atoms with Crippen molar-refractivity contribution >= 4 is 39.1 Å². The molecule has 2 aromatic rings. The van der Waals surface area contributed by atoms with E-state index < -0.39 is 0 Å². The van der Waals surface area contributed by atoms with Gasteiger partial charge < -0.3 is 15.4 Å². The molecule has 25 heavy (non-hydrogen) atoms. The van der Waals surface area contributed by atoms with Gasteiger partial charge in [-0.1, -0.05) is 0 Å². The van der Waals surface area contributed by atoms with Crippen LogP contribution in [0.1, 0.15) is 40.7 Å². The molecule has 0 aliphatic carbocycles. The van der Waals surface area contributed by atoms with Gasteiger partial charge in [0, 0.05) is 24.2 Å². The van der Waals surface area contributed by atoms with Gasteiger partial charge in [0.1, 0.15) is 9.71 Å². The van der Waals surface area contributed by atoms with Crippen molar-refractivity contribution in [2.24, 2.45) is 5.92 Å². The third-order valence-corrected chi connectivity index (χ3v) is 5.63. The number of thiophene rings is 1. The minimum atomic E-state index is -0.254. The standard InChI is InChI=1S/C18H23N3O3S/c1-4-24-18(23)12-6-5-7-21(9-12)17(22)15-14(19)13-10(2)8-11(3)20-16(13)25-15/h8,12H,4-7,9,19H2,1-3H3. The number of nitrogens with zero attached hydrogens (tertiary/aromatic N) is 2. The maximum absolute atomic E-state index is 13.0. The molecule has 0 saturated carbocycles. The Balaban J connectivity index is 1.88. The average Bonchev–Trinajstić information content (AvgIpc) is 2.91. The first-order valence-electron chi connectivity index (χ1n) is 8.54. The summed E-state index contributed by atoms with van der Waals surface area (Å²) in [7, 11) is 0. The summed E-state index contributed by atoms with van der Waals surface area (Å²) in [5.74, 6) is -0.598. The summed E-state index contributed by atoms with van der Waals surface area (Å²) < 4.78 is 5.11. The number of nitrogens with two attached hydrogens (primary N) is 1. The van der Waals surface area contributed by atoms with E-state index in [4.69, 9.17) is 10.5 Å². The van der Waals surface area contributed by atoms with Crippen LogP contribution in [0.2, 0.25) is 0 Å². The first kappa shape index (κ1) is 17.7. The van der Waals surface area contributed by atoms with E-state index in [0.717, 1.165) is 34.3 Å². The van der Waals surface area contributed by atoms with E-state index in [1.807, 2.05) is 19.9 Å². The predicted octanol–water partition coefficient (Wildman–Crippen LogP) is 2.91. The van der Waals surface area contributed by atoms with Gasteiger partial charge in [0.15, 0.2) is 0 Å². The number of nitrogen functional groups attached to an aromatic ring is 1. The van der Waals surface area contributed by atoms with Crippen molar-refractivity contribution in [3.05, 3.63) is 22.2 Å². The molecule has 1 fully saturated rings. The number of pyridine rings is 1. The van der Waals surface area contributed by atoms with Crippen LogP contribution in [0.25, 0.3) is 10.2 Å². The minimum Gasteiger partial charge on any atom is -0.466 e. The lowest BCUT2D eigenvalue weighted by molar-refractivity contribution is -0.149. The Labute approximate surface area is 151 Å². The van der Waals surface area contributed by atoms with Crippen molar-refractivity contribution in [2.45, 2.75) is 33.6 Å². The Morgan fingerprint density at radius 3 is 2.92 bits per heavy atom. The Bertz CT molecular complexity index is 831. The summed E-state index contributed by atoms with van der Waals surface area (Å²) >= 11 is 1.33. The van der Waals surface area contributed by atoms with Gasteiger partial charge in [0.25, 0.3) is 5.91 Å². The van der Waals surface area contributed by atoms with Crippen molar-refractivity contribution < 1.29 is 14.3 Å². The topological polar surface area (TPSA) is 85.5 Å². The second kappa shape index (κ2) is 7.00. The van der Waals surface area contributed by atoms with Crippen LogP contribution in [0.4, 0.5) is 5.69 Å². The van der Waals surface area contributed by atoms with Crippen LogP contribution in [0, 0.1) is 19.8 Å². The van der Waals surface area contributed by atoms with Crippen molar-refractivity contribution in [3.63, 3.8) is 0 Å². The number of aromatic nitrogens is 1. The van der Waals surface area contributed by atoms with Crippen LogP contribution in [-0.2, 0) is 9.53 Å². The molecule has 134 valence electrons. The lowest BCUT2D eigenvalue weighted by Crippen LogP contribution is -2.42. The molecule has 3 rings (SSSR count). The fourth-order valence-electron chi connectivity index (χ4n) is 3.39. The number of piperidine rings is 1. The van der Waals surface area contributed by atoms with Gasteiger partial charge >= 0.3 is 5.97 Å². The molecule has 6 nitrogen and oxygen atoms in total. The maximum Gasteiger partial charge on any atom is 0.310 e. The monoisotopic (exact) mass is 361 g/mol. The van der Waals surface area contributed by atoms with Gasteiger partial charge in [-0.2, -0.15) is 0 Å². The molecule has 0 aromatic carbocycles. The summed E-state index contributed by atoms with van der Waals surface area (Å²) in [4.78, 5) is 32.5. The van der Waals surface area contributed by atoms with E-state index in [0.29, 0.717) is 30.3 Å². The predicted molar refractivity (Wildman–Crippen MR) is 98.8 cm³/mol. The molecule has 1 atom stereocenters. The van der Waals surface area contributed by atoms with E-state index in [1.54, 1.807) is 11.8 Å². The number of likely N-dealkylation sites (tertiary alicyclic amines) is 1. The molecule has 1 aliphatic heterocycles. The van der Waals surface area contributed by atoms with Crippen LogP contribution in [-0.4, -0.2) is 41.5 Å². The largest absolute Gasteiger partial charge is 0.466 e. The summed E-state index contributed by atoms with van der Waals surface area (Å²) in [5, 5.41) is 0.859. The summed E-state index contributed by atoms with van der Waals surface area (Å²) in [6.45, 7) is 7.07. The number of anilines is 1. The molecular formula is C18H23N3O3S. The highest BCUT2D eigenvalue weighted by Crippen LogP contribution is 2.36. The molecule has 1 unspecified atom stereocenters. The molecule has 3 heterocycles. The molecule has 2 N–H and O–H groups in total. The first-order valence-corrected chi connectivity index (χ1v) is 9.36. The van der Waals surface area contributed by atoms with Crippen molar-refractivity contribution in [1.82, 2.24) is 9.88 Å². The zero-order valence-electron chi connectivity index (χ0n) is 14.8. The molecule has 7 heteroatoms. The summed E-state index contributed by atoms with van der Waals surface area (Å²) in [6, 6.07) is 1.97. The molecular weight excluding hydrogens is 338 g/mol. The van der Waals surface area contributed by atoms with Crippen molar-refractivity contribution in [2.75, 3.05) is 25.4 Å². The molecule has 0 spiro atoms. The molecule has 0 radical (unpaired) electrons. The van der Waals surface area contributed by atoms with Crippen molar-refractivity contribution in [1.29, 1.82) is 0 Å². The highest BCUT2D eigenvalue weighted by atomic mass is 32.1. The highest BCUT2D eigenvalue weighted by molar-refractivity contribution is 7.21. The third-order valence-electron chi connectivity index (χ3n) is 4.55. The number of amides is 1. The van der Waals surface area contributed by atoms with Crippen LogP contribution in [0.3, 0.4) is 0 Å². The average molecular weight is 361 g/mol.